The highest BCUT2D eigenvalue weighted by molar-refractivity contribution is 7.98. The lowest BCUT2D eigenvalue weighted by atomic mass is 10.0. The van der Waals surface area contributed by atoms with Gasteiger partial charge in [-0.1, -0.05) is 54.2 Å². The zero-order chi connectivity index (χ0) is 25.5. The van der Waals surface area contributed by atoms with Crippen molar-refractivity contribution in [2.24, 2.45) is 0 Å². The molecule has 10 heteroatoms. The van der Waals surface area contributed by atoms with Gasteiger partial charge >= 0.3 is 11.3 Å². The molecule has 2 aliphatic rings. The largest absolute Gasteiger partial charge is 0.493 e. The third kappa shape index (κ3) is 3.99. The molecule has 3 aromatic carbocycles. The van der Waals surface area contributed by atoms with E-state index in [1.54, 1.807) is 28.8 Å². The summed E-state index contributed by atoms with van der Waals surface area (Å²) < 4.78 is 18.4. The van der Waals surface area contributed by atoms with E-state index >= 15 is 0 Å². The first-order valence-corrected chi connectivity index (χ1v) is 12.6. The zero-order valence-corrected chi connectivity index (χ0v) is 21.0. The van der Waals surface area contributed by atoms with Gasteiger partial charge in [-0.25, -0.2) is 4.90 Å². The molecule has 1 unspecified atom stereocenters. The molecule has 1 atom stereocenters. The molecule has 6 rings (SSSR count). The molecule has 1 aromatic heterocycles. The summed E-state index contributed by atoms with van der Waals surface area (Å²) in [5, 5.41) is 5.29. The smallest absolute Gasteiger partial charge is 0.325 e. The Morgan fingerprint density at radius 1 is 1.16 bits per heavy atom. The predicted octanol–water partition coefficient (Wildman–Crippen LogP) is 3.67. The molecule has 0 saturated heterocycles. The number of nitrogens with one attached hydrogen (secondary N) is 1. The molecule has 2 aliphatic heterocycles. The lowest BCUT2D eigenvalue weighted by Gasteiger charge is -2.31. The number of aromatic nitrogens is 3. The number of carbonyl (C=O) groups is 1. The minimum Gasteiger partial charge on any atom is -0.493 e. The lowest BCUT2D eigenvalue weighted by Crippen LogP contribution is -2.60. The van der Waals surface area contributed by atoms with E-state index < -0.39 is 6.17 Å². The number of hydrogen-bond donors (Lipinski definition) is 1. The van der Waals surface area contributed by atoms with Crippen LogP contribution in [0.1, 0.15) is 24.2 Å². The van der Waals surface area contributed by atoms with Gasteiger partial charge in [0.05, 0.1) is 23.9 Å². The number of H-pyrrole nitrogens is 1. The number of thioether (sulfide) groups is 1. The fraction of sp³-hybridized carbons (Fsp3) is 0.185. The fourth-order valence-electron chi connectivity index (χ4n) is 4.70. The number of amides is 1. The Hall–Kier alpha value is -4.31. The first-order valence-electron chi connectivity index (χ1n) is 11.6. The summed E-state index contributed by atoms with van der Waals surface area (Å²) in [6.07, 6.45) is -0.760. The highest BCUT2D eigenvalue weighted by Crippen LogP contribution is 2.45. The normalized spacial score (nSPS) is 15.2. The third-order valence-corrected chi connectivity index (χ3v) is 7.23. The van der Waals surface area contributed by atoms with Crippen LogP contribution in [0, 0.1) is 0 Å². The maximum Gasteiger partial charge on any atom is 0.325 e. The molecular weight excluding hydrogens is 492 g/mol. The zero-order valence-electron chi connectivity index (χ0n) is 20.1. The Morgan fingerprint density at radius 2 is 1.95 bits per heavy atom. The lowest BCUT2D eigenvalue weighted by molar-refractivity contribution is -0.763. The van der Waals surface area contributed by atoms with E-state index in [1.807, 2.05) is 54.6 Å². The molecule has 0 saturated carbocycles. The number of rotatable bonds is 5. The number of para-hydroxylation sites is 1. The van der Waals surface area contributed by atoms with Gasteiger partial charge in [0.1, 0.15) is 0 Å². The average molecular weight is 516 g/mol. The van der Waals surface area contributed by atoms with Crippen molar-refractivity contribution in [2.45, 2.75) is 24.0 Å². The molecule has 4 aromatic rings. The molecule has 0 radical (unpaired) electrons. The summed E-state index contributed by atoms with van der Waals surface area (Å²) in [7, 11) is 1.54. The van der Waals surface area contributed by atoms with Crippen molar-refractivity contribution < 1.29 is 23.7 Å². The number of ether oxygens (including phenoxy) is 3. The SMILES string of the molecule is COc1cc(C2N(C(C)=O)c3ccccc3-c3c(=O)[nH]c(SCc4ccccc4)n[n+]32)cc2c1OCO2. The number of methoxy groups -OCH3 is 1. The molecule has 1 N–H and O–H groups in total. The van der Waals surface area contributed by atoms with Crippen LogP contribution < -0.4 is 29.4 Å². The van der Waals surface area contributed by atoms with Gasteiger partial charge in [0.25, 0.3) is 6.17 Å². The fourth-order valence-corrected chi connectivity index (χ4v) is 5.51. The number of benzene rings is 3. The quantitative estimate of drug-likeness (QED) is 0.320. The van der Waals surface area contributed by atoms with Gasteiger partial charge in [-0.15, -0.1) is 0 Å². The maximum absolute atomic E-state index is 13.5. The van der Waals surface area contributed by atoms with Crippen molar-refractivity contribution in [3.63, 3.8) is 0 Å². The van der Waals surface area contributed by atoms with Crippen molar-refractivity contribution in [3.8, 4) is 28.5 Å². The molecular formula is C27H23N4O5S+. The van der Waals surface area contributed by atoms with Crippen LogP contribution in [-0.4, -0.2) is 29.9 Å². The Bertz CT molecular complexity index is 1570. The third-order valence-electron chi connectivity index (χ3n) is 6.29. The van der Waals surface area contributed by atoms with Crippen LogP contribution in [-0.2, 0) is 10.5 Å². The predicted molar refractivity (Wildman–Crippen MR) is 137 cm³/mol. The van der Waals surface area contributed by atoms with E-state index in [9.17, 15) is 9.59 Å². The number of hydrogen-bond acceptors (Lipinski definition) is 7. The number of carbonyl (C=O) groups excluding carboxylic acids is 1. The van der Waals surface area contributed by atoms with Crippen LogP contribution in [0.3, 0.4) is 0 Å². The molecule has 186 valence electrons. The Morgan fingerprint density at radius 3 is 2.73 bits per heavy atom. The van der Waals surface area contributed by atoms with Gasteiger partial charge in [0.15, 0.2) is 11.5 Å². The summed E-state index contributed by atoms with van der Waals surface area (Å²) in [5.74, 6) is 1.90. The van der Waals surface area contributed by atoms with Crippen molar-refractivity contribution in [1.82, 2.24) is 10.1 Å². The molecule has 3 heterocycles. The van der Waals surface area contributed by atoms with Crippen molar-refractivity contribution in [3.05, 3.63) is 88.2 Å². The first kappa shape index (κ1) is 23.1. The average Bonchev–Trinajstić information content (AvgIpc) is 3.39. The Kier molecular flexibility index (Phi) is 5.80. The van der Waals surface area contributed by atoms with Crippen LogP contribution in [0.25, 0.3) is 11.3 Å². The summed E-state index contributed by atoms with van der Waals surface area (Å²) in [6, 6.07) is 20.9. The van der Waals surface area contributed by atoms with Gasteiger partial charge in [0, 0.05) is 17.8 Å². The molecule has 9 nitrogen and oxygen atoms in total. The van der Waals surface area contributed by atoms with E-state index in [-0.39, 0.29) is 18.3 Å². The molecule has 0 fully saturated rings. The highest BCUT2D eigenvalue weighted by Gasteiger charge is 2.45. The van der Waals surface area contributed by atoms with Gasteiger partial charge < -0.3 is 14.2 Å². The summed E-state index contributed by atoms with van der Waals surface area (Å²) in [6.45, 7) is 1.57. The molecule has 0 bridgehead atoms. The summed E-state index contributed by atoms with van der Waals surface area (Å²) in [4.78, 5) is 31.2. The van der Waals surface area contributed by atoms with Crippen molar-refractivity contribution >= 4 is 23.4 Å². The number of nitrogens with zero attached hydrogens (tertiary/aromatic N) is 3. The van der Waals surface area contributed by atoms with Crippen LogP contribution in [0.4, 0.5) is 5.69 Å². The number of aromatic amines is 1. The molecule has 0 aliphatic carbocycles. The standard InChI is InChI=1S/C27H22N4O5S/c1-16(32)30-20-11-7-6-10-19(20)23-25(33)28-27(37-14-17-8-4-3-5-9-17)29-31(23)26(30)18-12-21(34-2)24-22(13-18)35-15-36-24/h3-13,26H,14-15H2,1-2H3/p+1. The maximum atomic E-state index is 13.5. The van der Waals surface area contributed by atoms with Crippen LogP contribution >= 0.6 is 11.8 Å². The minimum atomic E-state index is -0.760. The summed E-state index contributed by atoms with van der Waals surface area (Å²) >= 11 is 1.42. The van der Waals surface area contributed by atoms with Gasteiger partial charge in [-0.2, -0.15) is 0 Å². The molecule has 37 heavy (non-hydrogen) atoms. The van der Waals surface area contributed by atoms with E-state index in [4.69, 9.17) is 19.3 Å². The minimum absolute atomic E-state index is 0.0704. The first-order chi connectivity index (χ1) is 18.0. The highest BCUT2D eigenvalue weighted by atomic mass is 32.2. The van der Waals surface area contributed by atoms with Gasteiger partial charge in [0.2, 0.25) is 23.6 Å². The summed E-state index contributed by atoms with van der Waals surface area (Å²) in [5.41, 5.74) is 3.07. The monoisotopic (exact) mass is 515 g/mol. The molecule has 0 spiro atoms. The van der Waals surface area contributed by atoms with E-state index in [1.165, 1.54) is 18.7 Å². The topological polar surface area (TPSA) is 97.6 Å². The second-order valence-corrected chi connectivity index (χ2v) is 9.53. The molecule has 1 amide bonds. The second kappa shape index (κ2) is 9.29. The van der Waals surface area contributed by atoms with Crippen LogP contribution in [0.5, 0.6) is 17.2 Å². The number of anilines is 1. The van der Waals surface area contributed by atoms with E-state index in [0.29, 0.717) is 50.7 Å². The van der Waals surface area contributed by atoms with E-state index in [0.717, 1.165) is 5.56 Å². The van der Waals surface area contributed by atoms with Gasteiger partial charge in [-0.3, -0.25) is 14.6 Å². The van der Waals surface area contributed by atoms with Crippen molar-refractivity contribution in [2.75, 3.05) is 18.8 Å². The van der Waals surface area contributed by atoms with Gasteiger partial charge in [-0.05, 0) is 34.5 Å². The van der Waals surface area contributed by atoms with E-state index in [2.05, 4.69) is 4.98 Å². The van der Waals surface area contributed by atoms with Crippen LogP contribution in [0.15, 0.2) is 76.7 Å². The Balaban J connectivity index is 1.55. The second-order valence-electron chi connectivity index (χ2n) is 8.56. The van der Waals surface area contributed by atoms with Crippen molar-refractivity contribution in [1.29, 1.82) is 0 Å². The van der Waals surface area contributed by atoms with Crippen LogP contribution in [0.2, 0.25) is 0 Å². The number of fused-ring (bicyclic) bond motifs is 4. The Labute approximate surface area is 216 Å².